The van der Waals surface area contributed by atoms with Crippen molar-refractivity contribution in [3.05, 3.63) is 52.3 Å². The molecule has 2 aliphatic rings. The Morgan fingerprint density at radius 2 is 2.04 bits per heavy atom. The number of benzene rings is 1. The molecule has 24 heavy (non-hydrogen) atoms. The number of H-pyrrole nitrogens is 1. The highest BCUT2D eigenvalue weighted by Gasteiger charge is 2.24. The minimum Gasteiger partial charge on any atom is -0.350 e. The fourth-order valence-electron chi connectivity index (χ4n) is 4.21. The highest BCUT2D eigenvalue weighted by atomic mass is 16.1. The zero-order valence-corrected chi connectivity index (χ0v) is 14.1. The zero-order valence-electron chi connectivity index (χ0n) is 14.1. The molecule has 4 rings (SSSR count). The molecule has 126 valence electrons. The van der Waals surface area contributed by atoms with Crippen LogP contribution in [0.4, 0.5) is 0 Å². The number of fused-ring (bicyclic) bond motifs is 2. The fourth-order valence-corrected chi connectivity index (χ4v) is 4.21. The second-order valence-electron chi connectivity index (χ2n) is 7.10. The van der Waals surface area contributed by atoms with Crippen LogP contribution in [-0.4, -0.2) is 16.1 Å². The average molecular weight is 323 g/mol. The van der Waals surface area contributed by atoms with Gasteiger partial charge in [0.05, 0.1) is 12.2 Å². The number of aryl methyl sites for hydroxylation is 2. The number of aromatic nitrogens is 2. The van der Waals surface area contributed by atoms with E-state index in [1.54, 1.807) is 0 Å². The topological polar surface area (TPSA) is 57.8 Å². The molecule has 1 aromatic heterocycles. The summed E-state index contributed by atoms with van der Waals surface area (Å²) in [4.78, 5) is 12.4. The van der Waals surface area contributed by atoms with Gasteiger partial charge in [0.15, 0.2) is 0 Å². The monoisotopic (exact) mass is 323 g/mol. The van der Waals surface area contributed by atoms with Gasteiger partial charge in [-0.15, -0.1) is 0 Å². The lowest BCUT2D eigenvalue weighted by Gasteiger charge is -2.11. The number of carbonyl (C=O) groups is 1. The molecule has 0 unspecified atom stereocenters. The molecule has 0 bridgehead atoms. The first-order valence-electron chi connectivity index (χ1n) is 9.21. The highest BCUT2D eigenvalue weighted by Crippen LogP contribution is 2.35. The summed E-state index contributed by atoms with van der Waals surface area (Å²) in [5.41, 5.74) is 6.43. The number of amides is 1. The first kappa shape index (κ1) is 15.4. The molecule has 1 atom stereocenters. The van der Waals surface area contributed by atoms with Crippen LogP contribution in [0.15, 0.2) is 24.3 Å². The number of hydrogen-bond donors (Lipinski definition) is 2. The first-order chi connectivity index (χ1) is 11.8. The van der Waals surface area contributed by atoms with Gasteiger partial charge in [-0.3, -0.25) is 9.89 Å². The quantitative estimate of drug-likeness (QED) is 0.847. The SMILES string of the molecule is O=C(C[C@@H]1CCc2ccccc21)NCc1n[nH]c2c1CCCCC2. The third kappa shape index (κ3) is 3.10. The Morgan fingerprint density at radius 1 is 1.17 bits per heavy atom. The van der Waals surface area contributed by atoms with E-state index in [9.17, 15) is 4.79 Å². The maximum atomic E-state index is 12.4. The van der Waals surface area contributed by atoms with Gasteiger partial charge >= 0.3 is 0 Å². The molecule has 4 heteroatoms. The van der Waals surface area contributed by atoms with Gasteiger partial charge in [0, 0.05) is 12.1 Å². The van der Waals surface area contributed by atoms with Crippen LogP contribution >= 0.6 is 0 Å². The third-order valence-electron chi connectivity index (χ3n) is 5.53. The van der Waals surface area contributed by atoms with Crippen molar-refractivity contribution in [3.8, 4) is 0 Å². The first-order valence-corrected chi connectivity index (χ1v) is 9.21. The zero-order chi connectivity index (χ0) is 16.4. The van der Waals surface area contributed by atoms with Gasteiger partial charge in [0.25, 0.3) is 0 Å². The molecule has 2 aromatic rings. The van der Waals surface area contributed by atoms with Gasteiger partial charge in [-0.1, -0.05) is 30.7 Å². The van der Waals surface area contributed by atoms with Gasteiger partial charge in [0.1, 0.15) is 0 Å². The minimum absolute atomic E-state index is 0.141. The smallest absolute Gasteiger partial charge is 0.220 e. The van der Waals surface area contributed by atoms with Crippen molar-refractivity contribution in [3.63, 3.8) is 0 Å². The normalized spacial score (nSPS) is 19.4. The second-order valence-corrected chi connectivity index (χ2v) is 7.10. The van der Waals surface area contributed by atoms with Crippen LogP contribution < -0.4 is 5.32 Å². The van der Waals surface area contributed by atoms with Crippen LogP contribution in [0.2, 0.25) is 0 Å². The summed E-state index contributed by atoms with van der Waals surface area (Å²) in [6.45, 7) is 0.555. The van der Waals surface area contributed by atoms with Crippen LogP contribution in [0.3, 0.4) is 0 Å². The molecule has 0 fully saturated rings. The van der Waals surface area contributed by atoms with Crippen LogP contribution in [0.25, 0.3) is 0 Å². The van der Waals surface area contributed by atoms with Crippen molar-refractivity contribution < 1.29 is 4.79 Å². The molecule has 0 saturated carbocycles. The molecule has 0 radical (unpaired) electrons. The van der Waals surface area contributed by atoms with Gasteiger partial charge < -0.3 is 5.32 Å². The van der Waals surface area contributed by atoms with E-state index in [-0.39, 0.29) is 5.91 Å². The van der Waals surface area contributed by atoms with E-state index in [0.717, 1.165) is 31.4 Å². The maximum Gasteiger partial charge on any atom is 0.220 e. The molecule has 0 aliphatic heterocycles. The van der Waals surface area contributed by atoms with E-state index >= 15 is 0 Å². The Morgan fingerprint density at radius 3 is 3.00 bits per heavy atom. The van der Waals surface area contributed by atoms with E-state index in [2.05, 4.69) is 39.8 Å². The molecule has 1 aromatic carbocycles. The summed E-state index contributed by atoms with van der Waals surface area (Å²) in [7, 11) is 0. The average Bonchev–Trinajstić information content (AvgIpc) is 3.10. The van der Waals surface area contributed by atoms with Crippen molar-refractivity contribution in [1.29, 1.82) is 0 Å². The van der Waals surface area contributed by atoms with E-state index < -0.39 is 0 Å². The Labute approximate surface area is 143 Å². The summed E-state index contributed by atoms with van der Waals surface area (Å²) < 4.78 is 0. The molecule has 0 saturated heterocycles. The molecular formula is C20H25N3O. The lowest BCUT2D eigenvalue weighted by atomic mass is 9.97. The van der Waals surface area contributed by atoms with Crippen molar-refractivity contribution in [2.45, 2.75) is 63.8 Å². The Hall–Kier alpha value is -2.10. The number of aromatic amines is 1. The fraction of sp³-hybridized carbons (Fsp3) is 0.500. The van der Waals surface area contributed by atoms with E-state index in [4.69, 9.17) is 0 Å². The Bertz CT molecular complexity index is 734. The summed E-state index contributed by atoms with van der Waals surface area (Å²) in [6, 6.07) is 8.53. The second kappa shape index (κ2) is 6.80. The number of nitrogens with zero attached hydrogens (tertiary/aromatic N) is 1. The third-order valence-corrected chi connectivity index (χ3v) is 5.53. The lowest BCUT2D eigenvalue weighted by Crippen LogP contribution is -2.25. The molecule has 4 nitrogen and oxygen atoms in total. The Balaban J connectivity index is 1.35. The summed E-state index contributed by atoms with van der Waals surface area (Å²) in [5.74, 6) is 0.513. The van der Waals surface area contributed by atoms with Crippen LogP contribution in [0.1, 0.15) is 66.1 Å². The minimum atomic E-state index is 0.141. The molecular weight excluding hydrogens is 298 g/mol. The predicted octanol–water partition coefficient (Wildman–Crippen LogP) is 3.41. The number of rotatable bonds is 4. The number of carbonyl (C=O) groups excluding carboxylic acids is 1. The van der Waals surface area contributed by atoms with Crippen molar-refractivity contribution in [1.82, 2.24) is 15.5 Å². The van der Waals surface area contributed by atoms with Crippen molar-refractivity contribution in [2.75, 3.05) is 0 Å². The summed E-state index contributed by atoms with van der Waals surface area (Å²) in [6.07, 6.45) is 8.71. The molecule has 2 aliphatic carbocycles. The highest BCUT2D eigenvalue weighted by molar-refractivity contribution is 5.77. The largest absolute Gasteiger partial charge is 0.350 e. The molecule has 0 spiro atoms. The number of hydrogen-bond acceptors (Lipinski definition) is 2. The Kier molecular flexibility index (Phi) is 4.37. The number of nitrogens with one attached hydrogen (secondary N) is 2. The summed E-state index contributed by atoms with van der Waals surface area (Å²) >= 11 is 0. The van der Waals surface area contributed by atoms with Crippen LogP contribution in [0.5, 0.6) is 0 Å². The van der Waals surface area contributed by atoms with Crippen molar-refractivity contribution >= 4 is 5.91 Å². The van der Waals surface area contributed by atoms with E-state index in [1.165, 1.54) is 41.6 Å². The van der Waals surface area contributed by atoms with Gasteiger partial charge in [-0.25, -0.2) is 0 Å². The summed E-state index contributed by atoms with van der Waals surface area (Å²) in [5, 5.41) is 10.7. The predicted molar refractivity (Wildman–Crippen MR) is 93.8 cm³/mol. The lowest BCUT2D eigenvalue weighted by molar-refractivity contribution is -0.121. The van der Waals surface area contributed by atoms with Gasteiger partial charge in [-0.2, -0.15) is 5.10 Å². The molecule has 2 N–H and O–H groups in total. The van der Waals surface area contributed by atoms with Crippen LogP contribution in [-0.2, 0) is 30.6 Å². The van der Waals surface area contributed by atoms with E-state index in [0.29, 0.717) is 18.9 Å². The maximum absolute atomic E-state index is 12.4. The van der Waals surface area contributed by atoms with Gasteiger partial charge in [0.2, 0.25) is 5.91 Å². The van der Waals surface area contributed by atoms with E-state index in [1.807, 2.05) is 0 Å². The standard InChI is InChI=1S/C20H25N3O/c24-20(12-15-11-10-14-6-4-5-7-16(14)15)21-13-19-17-8-2-1-3-9-18(17)22-23-19/h4-7,15H,1-3,8-13H2,(H,21,24)(H,22,23)/t15-/m0/s1. The van der Waals surface area contributed by atoms with Crippen LogP contribution in [0, 0.1) is 0 Å². The molecule has 1 heterocycles. The van der Waals surface area contributed by atoms with Crippen molar-refractivity contribution in [2.24, 2.45) is 0 Å². The van der Waals surface area contributed by atoms with Gasteiger partial charge in [-0.05, 0) is 61.1 Å². The molecule has 1 amide bonds.